The molecule has 5 N–H and O–H groups in total. The normalized spacial score (nSPS) is 19.9. The molecular formula is C23H24F3N5O5S. The largest absolute Gasteiger partial charge is 0.573 e. The number of fused-ring (bicyclic) bond motifs is 2. The maximum atomic E-state index is 12.4. The number of nitrogens with zero attached hydrogens (tertiary/aromatic N) is 3. The lowest BCUT2D eigenvalue weighted by molar-refractivity contribution is -0.274. The third-order valence-electron chi connectivity index (χ3n) is 5.65. The monoisotopic (exact) mass is 539 g/mol. The molecule has 2 aromatic heterocycles. The van der Waals surface area contributed by atoms with Gasteiger partial charge >= 0.3 is 6.36 Å². The first-order valence-electron chi connectivity index (χ1n) is 11.1. The summed E-state index contributed by atoms with van der Waals surface area (Å²) in [5.74, 6) is -0.399. The van der Waals surface area contributed by atoms with Gasteiger partial charge < -0.3 is 35.3 Å². The van der Waals surface area contributed by atoms with Crippen LogP contribution in [0.1, 0.15) is 23.7 Å². The molecule has 0 bridgehead atoms. The van der Waals surface area contributed by atoms with Crippen LogP contribution in [0.15, 0.2) is 36.4 Å². The summed E-state index contributed by atoms with van der Waals surface area (Å²) in [6, 6.07) is 8.86. The SMILES string of the molecule is CC1OCCC(O)[C@@H]1O.Cn1c(Nc2nc3ccc(OC(F)(F)F)cc3s2)nc2cc(C(N)=O)ccc21. The highest BCUT2D eigenvalue weighted by Gasteiger charge is 2.31. The number of carbonyl (C=O) groups is 1. The zero-order chi connectivity index (χ0) is 26.9. The molecule has 4 aromatic rings. The van der Waals surface area contributed by atoms with Gasteiger partial charge in [0.2, 0.25) is 11.9 Å². The summed E-state index contributed by atoms with van der Waals surface area (Å²) < 4.78 is 48.4. The second-order valence-corrected chi connectivity index (χ2v) is 9.34. The van der Waals surface area contributed by atoms with Gasteiger partial charge in [-0.25, -0.2) is 9.97 Å². The Morgan fingerprint density at radius 3 is 2.62 bits per heavy atom. The van der Waals surface area contributed by atoms with E-state index in [-0.39, 0.29) is 11.9 Å². The van der Waals surface area contributed by atoms with E-state index in [1.54, 1.807) is 36.7 Å². The average Bonchev–Trinajstić information content (AvgIpc) is 3.36. The summed E-state index contributed by atoms with van der Waals surface area (Å²) in [6.45, 7) is 2.31. The van der Waals surface area contributed by atoms with Gasteiger partial charge in [0.15, 0.2) is 5.13 Å². The minimum Gasteiger partial charge on any atom is -0.406 e. The van der Waals surface area contributed by atoms with Crippen LogP contribution in [0.25, 0.3) is 21.3 Å². The quantitative estimate of drug-likeness (QED) is 0.309. The van der Waals surface area contributed by atoms with Gasteiger partial charge in [0, 0.05) is 25.3 Å². The molecule has 0 radical (unpaired) electrons. The van der Waals surface area contributed by atoms with Crippen molar-refractivity contribution in [1.82, 2.24) is 14.5 Å². The molecule has 0 aliphatic carbocycles. The average molecular weight is 540 g/mol. The van der Waals surface area contributed by atoms with E-state index in [0.29, 0.717) is 45.4 Å². The lowest BCUT2D eigenvalue weighted by atomic mass is 10.0. The van der Waals surface area contributed by atoms with E-state index in [2.05, 4.69) is 20.0 Å². The second kappa shape index (κ2) is 10.5. The number of nitrogens with two attached hydrogens (primary N) is 1. The number of aryl methyl sites for hydroxylation is 1. The van der Waals surface area contributed by atoms with E-state index in [4.69, 9.17) is 20.7 Å². The van der Waals surface area contributed by atoms with Gasteiger partial charge in [0.25, 0.3) is 0 Å². The van der Waals surface area contributed by atoms with E-state index in [9.17, 15) is 18.0 Å². The number of hydrogen-bond acceptors (Lipinski definition) is 9. The number of thiazole rings is 1. The second-order valence-electron chi connectivity index (χ2n) is 8.31. The van der Waals surface area contributed by atoms with Crippen LogP contribution >= 0.6 is 11.3 Å². The van der Waals surface area contributed by atoms with Crippen LogP contribution < -0.4 is 15.8 Å². The molecule has 3 heterocycles. The van der Waals surface area contributed by atoms with Crippen molar-refractivity contribution >= 4 is 49.6 Å². The molecule has 1 aliphatic heterocycles. The van der Waals surface area contributed by atoms with Crippen molar-refractivity contribution in [3.63, 3.8) is 0 Å². The van der Waals surface area contributed by atoms with Crippen LogP contribution in [0.4, 0.5) is 24.3 Å². The first kappa shape index (κ1) is 26.6. The van der Waals surface area contributed by atoms with E-state index in [1.807, 2.05) is 0 Å². The highest BCUT2D eigenvalue weighted by molar-refractivity contribution is 7.22. The standard InChI is InChI=1S/C17H12F3N5O2S.C6H12O3/c1-25-12-5-2-8(14(21)26)6-11(12)22-15(25)24-16-23-10-4-3-9(7-13(10)28-16)27-17(18,19)20;1-4-6(8)5(7)2-3-9-4/h2-7H,1H3,(H2,21,26)(H,22,23,24);4-8H,2-3H2,1H3/t;4?,5?,6-/m.1/s1. The fourth-order valence-corrected chi connectivity index (χ4v) is 4.56. The predicted molar refractivity (Wildman–Crippen MR) is 131 cm³/mol. The van der Waals surface area contributed by atoms with Crippen LogP contribution in [0.3, 0.4) is 0 Å². The maximum absolute atomic E-state index is 12.4. The van der Waals surface area contributed by atoms with Crippen LogP contribution in [0.2, 0.25) is 0 Å². The summed E-state index contributed by atoms with van der Waals surface area (Å²) >= 11 is 1.16. The Hall–Kier alpha value is -3.46. The van der Waals surface area contributed by atoms with Gasteiger partial charge in [-0.2, -0.15) is 0 Å². The molecule has 0 saturated carbocycles. The van der Waals surface area contributed by atoms with Gasteiger partial charge in [-0.3, -0.25) is 4.79 Å². The number of aliphatic hydroxyl groups is 2. The molecule has 1 fully saturated rings. The van der Waals surface area contributed by atoms with Crippen molar-refractivity contribution in [3.05, 3.63) is 42.0 Å². The number of halogens is 3. The molecule has 10 nitrogen and oxygen atoms in total. The van der Waals surface area contributed by atoms with Crippen molar-refractivity contribution in [1.29, 1.82) is 0 Å². The minimum atomic E-state index is -4.75. The molecule has 3 atom stereocenters. The van der Waals surface area contributed by atoms with E-state index < -0.39 is 24.5 Å². The van der Waals surface area contributed by atoms with Gasteiger partial charge in [-0.15, -0.1) is 13.2 Å². The molecule has 14 heteroatoms. The number of imidazole rings is 1. The molecule has 198 valence electrons. The van der Waals surface area contributed by atoms with Crippen molar-refractivity contribution in [3.8, 4) is 5.75 Å². The molecule has 0 spiro atoms. The van der Waals surface area contributed by atoms with Crippen molar-refractivity contribution < 1.29 is 37.7 Å². The number of amides is 1. The number of aliphatic hydroxyl groups excluding tert-OH is 2. The number of ether oxygens (including phenoxy) is 2. The van der Waals surface area contributed by atoms with Gasteiger partial charge in [-0.05, 0) is 43.7 Å². The Morgan fingerprint density at radius 1 is 1.22 bits per heavy atom. The van der Waals surface area contributed by atoms with Crippen LogP contribution in [-0.4, -0.2) is 61.9 Å². The first-order chi connectivity index (χ1) is 17.4. The van der Waals surface area contributed by atoms with E-state index in [0.717, 1.165) is 16.9 Å². The van der Waals surface area contributed by atoms with Crippen LogP contribution in [0.5, 0.6) is 5.75 Å². The van der Waals surface area contributed by atoms with Gasteiger partial charge in [0.1, 0.15) is 11.9 Å². The number of nitrogens with one attached hydrogen (secondary N) is 1. The Labute approximate surface area is 212 Å². The number of hydrogen-bond donors (Lipinski definition) is 4. The summed E-state index contributed by atoms with van der Waals surface area (Å²) in [5.41, 5.74) is 7.50. The lowest BCUT2D eigenvalue weighted by Crippen LogP contribution is -2.42. The molecule has 1 aliphatic rings. The third kappa shape index (κ3) is 6.28. The predicted octanol–water partition coefficient (Wildman–Crippen LogP) is 3.44. The summed E-state index contributed by atoms with van der Waals surface area (Å²) in [5, 5.41) is 21.6. The number of aromatic nitrogens is 3. The fourth-order valence-electron chi connectivity index (χ4n) is 3.67. The molecule has 2 aromatic carbocycles. The van der Waals surface area contributed by atoms with Crippen molar-refractivity contribution in [2.75, 3.05) is 11.9 Å². The summed E-state index contributed by atoms with van der Waals surface area (Å²) in [7, 11) is 1.78. The number of alkyl halides is 3. The molecule has 2 unspecified atom stereocenters. The Balaban J connectivity index is 0.000000301. The maximum Gasteiger partial charge on any atom is 0.573 e. The fraction of sp³-hybridized carbons (Fsp3) is 0.348. The molecule has 1 saturated heterocycles. The molecule has 1 amide bonds. The lowest BCUT2D eigenvalue weighted by Gasteiger charge is -2.29. The highest BCUT2D eigenvalue weighted by Crippen LogP contribution is 2.33. The Kier molecular flexibility index (Phi) is 7.54. The Bertz CT molecular complexity index is 1410. The first-order valence-corrected chi connectivity index (χ1v) is 11.9. The van der Waals surface area contributed by atoms with Crippen molar-refractivity contribution in [2.45, 2.75) is 38.0 Å². The number of benzene rings is 2. The third-order valence-corrected chi connectivity index (χ3v) is 6.58. The molecule has 37 heavy (non-hydrogen) atoms. The van der Waals surface area contributed by atoms with E-state index >= 15 is 0 Å². The van der Waals surface area contributed by atoms with Crippen LogP contribution in [0, 0.1) is 0 Å². The molecule has 5 rings (SSSR count). The number of anilines is 2. The zero-order valence-corrected chi connectivity index (χ0v) is 20.5. The van der Waals surface area contributed by atoms with Gasteiger partial charge in [-0.1, -0.05) is 11.3 Å². The number of carbonyl (C=O) groups excluding carboxylic acids is 1. The summed E-state index contributed by atoms with van der Waals surface area (Å²) in [4.78, 5) is 20.1. The smallest absolute Gasteiger partial charge is 0.406 e. The van der Waals surface area contributed by atoms with E-state index in [1.165, 1.54) is 18.2 Å². The van der Waals surface area contributed by atoms with Crippen LogP contribution in [-0.2, 0) is 11.8 Å². The Morgan fingerprint density at radius 2 is 1.97 bits per heavy atom. The summed E-state index contributed by atoms with van der Waals surface area (Å²) in [6.07, 6.45) is -5.71. The highest BCUT2D eigenvalue weighted by atomic mass is 32.1. The minimum absolute atomic E-state index is 0.214. The molecular weight excluding hydrogens is 515 g/mol. The van der Waals surface area contributed by atoms with Gasteiger partial charge in [0.05, 0.1) is 33.5 Å². The number of primary amides is 1. The number of rotatable bonds is 4. The topological polar surface area (TPSA) is 145 Å². The van der Waals surface area contributed by atoms with Crippen molar-refractivity contribution in [2.24, 2.45) is 12.8 Å². The zero-order valence-electron chi connectivity index (χ0n) is 19.7.